The van der Waals surface area contributed by atoms with Crippen LogP contribution in [0.1, 0.15) is 17.3 Å². The van der Waals surface area contributed by atoms with Crippen LogP contribution in [0.3, 0.4) is 0 Å². The van der Waals surface area contributed by atoms with E-state index in [2.05, 4.69) is 15.9 Å². The van der Waals surface area contributed by atoms with Crippen LogP contribution in [0.4, 0.5) is 5.69 Å². The molecule has 2 N–H and O–H groups in total. The van der Waals surface area contributed by atoms with Crippen molar-refractivity contribution in [3.05, 3.63) is 52.5 Å². The van der Waals surface area contributed by atoms with Gasteiger partial charge in [0, 0.05) is 15.7 Å². The molecule has 0 heterocycles. The van der Waals surface area contributed by atoms with E-state index in [0.717, 1.165) is 4.47 Å². The number of nitrogens with two attached hydrogens (primary N) is 1. The van der Waals surface area contributed by atoms with Crippen LogP contribution in [0.2, 0.25) is 0 Å². The fourth-order valence-corrected chi connectivity index (χ4v) is 1.95. The highest BCUT2D eigenvalue weighted by molar-refractivity contribution is 9.10. The number of halogens is 1. The molecule has 0 aliphatic rings. The number of hydrogen-bond donors (Lipinski definition) is 1. The molecule has 0 unspecified atom stereocenters. The number of rotatable bonds is 3. The van der Waals surface area contributed by atoms with Crippen molar-refractivity contribution in [2.75, 3.05) is 5.73 Å². The lowest BCUT2D eigenvalue weighted by molar-refractivity contribution is 0.101. The van der Waals surface area contributed by atoms with Gasteiger partial charge in [0.05, 0.1) is 0 Å². The molecule has 3 nitrogen and oxygen atoms in total. The zero-order valence-electron chi connectivity index (χ0n) is 9.81. The van der Waals surface area contributed by atoms with Crippen molar-refractivity contribution in [1.29, 1.82) is 0 Å². The van der Waals surface area contributed by atoms with E-state index in [1.807, 2.05) is 24.3 Å². The SMILES string of the molecule is CC(=O)c1cc(Oc2cccc(Br)c2)ccc1N. The first-order valence-corrected chi connectivity index (χ1v) is 6.19. The van der Waals surface area contributed by atoms with E-state index in [4.69, 9.17) is 10.5 Å². The summed E-state index contributed by atoms with van der Waals surface area (Å²) >= 11 is 3.37. The summed E-state index contributed by atoms with van der Waals surface area (Å²) in [5.74, 6) is 1.21. The molecule has 4 heteroatoms. The summed E-state index contributed by atoms with van der Waals surface area (Å²) in [6, 6.07) is 12.5. The standard InChI is InChI=1S/C14H12BrNO2/c1-9(17)13-8-12(5-6-14(13)16)18-11-4-2-3-10(15)7-11/h2-8H,16H2,1H3. The van der Waals surface area contributed by atoms with Crippen molar-refractivity contribution in [1.82, 2.24) is 0 Å². The monoisotopic (exact) mass is 305 g/mol. The van der Waals surface area contributed by atoms with E-state index < -0.39 is 0 Å². The highest BCUT2D eigenvalue weighted by Gasteiger charge is 2.07. The van der Waals surface area contributed by atoms with E-state index in [-0.39, 0.29) is 5.78 Å². The lowest BCUT2D eigenvalue weighted by Gasteiger charge is -2.08. The largest absolute Gasteiger partial charge is 0.457 e. The Kier molecular flexibility index (Phi) is 3.67. The van der Waals surface area contributed by atoms with Crippen LogP contribution in [-0.2, 0) is 0 Å². The molecule has 0 saturated carbocycles. The average molecular weight is 306 g/mol. The van der Waals surface area contributed by atoms with Crippen molar-refractivity contribution in [3.8, 4) is 11.5 Å². The first-order chi connectivity index (χ1) is 8.56. The number of benzene rings is 2. The van der Waals surface area contributed by atoms with Crippen LogP contribution in [0.5, 0.6) is 11.5 Å². The van der Waals surface area contributed by atoms with Gasteiger partial charge in [-0.3, -0.25) is 4.79 Å². The fraction of sp³-hybridized carbons (Fsp3) is 0.0714. The molecule has 0 fully saturated rings. The summed E-state index contributed by atoms with van der Waals surface area (Å²) in [6.45, 7) is 1.48. The molecule has 0 aliphatic heterocycles. The Balaban J connectivity index is 2.30. The molecule has 0 saturated heterocycles. The number of nitrogen functional groups attached to an aromatic ring is 1. The summed E-state index contributed by atoms with van der Waals surface area (Å²) < 4.78 is 6.60. The summed E-state index contributed by atoms with van der Waals surface area (Å²) in [5, 5.41) is 0. The third kappa shape index (κ3) is 2.90. The highest BCUT2D eigenvalue weighted by atomic mass is 79.9. The summed E-state index contributed by atoms with van der Waals surface area (Å²) in [7, 11) is 0. The maximum Gasteiger partial charge on any atom is 0.162 e. The van der Waals surface area contributed by atoms with Gasteiger partial charge in [-0.25, -0.2) is 0 Å². The molecule has 0 aromatic heterocycles. The maximum atomic E-state index is 11.4. The van der Waals surface area contributed by atoms with Crippen LogP contribution in [-0.4, -0.2) is 5.78 Å². The van der Waals surface area contributed by atoms with E-state index >= 15 is 0 Å². The second kappa shape index (κ2) is 5.23. The predicted molar refractivity (Wildman–Crippen MR) is 75.1 cm³/mol. The molecule has 0 atom stereocenters. The van der Waals surface area contributed by atoms with Crippen molar-refractivity contribution < 1.29 is 9.53 Å². The van der Waals surface area contributed by atoms with Gasteiger partial charge in [0.2, 0.25) is 0 Å². The summed E-state index contributed by atoms with van der Waals surface area (Å²) in [4.78, 5) is 11.4. The maximum absolute atomic E-state index is 11.4. The van der Waals surface area contributed by atoms with E-state index in [0.29, 0.717) is 22.7 Å². The van der Waals surface area contributed by atoms with Crippen molar-refractivity contribution in [2.24, 2.45) is 0 Å². The predicted octanol–water partition coefficient (Wildman–Crippen LogP) is 4.03. The number of Topliss-reactive ketones (excluding diaryl/α,β-unsaturated/α-hetero) is 1. The number of hydrogen-bond acceptors (Lipinski definition) is 3. The number of ether oxygens (including phenoxy) is 1. The summed E-state index contributed by atoms with van der Waals surface area (Å²) in [6.07, 6.45) is 0. The first kappa shape index (κ1) is 12.6. The Hall–Kier alpha value is -1.81. The van der Waals surface area contributed by atoms with Gasteiger partial charge in [-0.05, 0) is 43.3 Å². The van der Waals surface area contributed by atoms with E-state index in [1.54, 1.807) is 18.2 Å². The Morgan fingerprint density at radius 1 is 1.17 bits per heavy atom. The van der Waals surface area contributed by atoms with Gasteiger partial charge in [0.15, 0.2) is 5.78 Å². The van der Waals surface area contributed by atoms with Crippen LogP contribution in [0.15, 0.2) is 46.9 Å². The average Bonchev–Trinajstić information content (AvgIpc) is 2.31. The number of carbonyl (C=O) groups is 1. The van der Waals surface area contributed by atoms with E-state index in [9.17, 15) is 4.79 Å². The molecule has 0 amide bonds. The molecule has 2 rings (SSSR count). The molecule has 0 aliphatic carbocycles. The zero-order valence-corrected chi connectivity index (χ0v) is 11.4. The molecule has 2 aromatic carbocycles. The number of carbonyl (C=O) groups excluding carboxylic acids is 1. The molecule has 18 heavy (non-hydrogen) atoms. The topological polar surface area (TPSA) is 52.3 Å². The number of ketones is 1. The molecule has 0 bridgehead atoms. The smallest absolute Gasteiger partial charge is 0.162 e. The third-order valence-corrected chi connectivity index (χ3v) is 2.93. The van der Waals surface area contributed by atoms with Crippen LogP contribution >= 0.6 is 15.9 Å². The Labute approximate surface area is 114 Å². The Morgan fingerprint density at radius 2 is 1.89 bits per heavy atom. The van der Waals surface area contributed by atoms with Gasteiger partial charge >= 0.3 is 0 Å². The van der Waals surface area contributed by atoms with Gasteiger partial charge in [-0.2, -0.15) is 0 Å². The molecule has 92 valence electrons. The highest BCUT2D eigenvalue weighted by Crippen LogP contribution is 2.27. The quantitative estimate of drug-likeness (QED) is 0.688. The minimum absolute atomic E-state index is 0.0767. The van der Waals surface area contributed by atoms with E-state index in [1.165, 1.54) is 6.92 Å². The summed E-state index contributed by atoms with van der Waals surface area (Å²) in [5.41, 5.74) is 6.66. The molecular formula is C14H12BrNO2. The lowest BCUT2D eigenvalue weighted by Crippen LogP contribution is -1.99. The van der Waals surface area contributed by atoms with Crippen molar-refractivity contribution in [3.63, 3.8) is 0 Å². The van der Waals surface area contributed by atoms with Gasteiger partial charge in [-0.1, -0.05) is 22.0 Å². The molecular weight excluding hydrogens is 294 g/mol. The zero-order chi connectivity index (χ0) is 13.1. The number of anilines is 1. The van der Waals surface area contributed by atoms with Gasteiger partial charge in [0.1, 0.15) is 11.5 Å². The van der Waals surface area contributed by atoms with Gasteiger partial charge in [0.25, 0.3) is 0 Å². The first-order valence-electron chi connectivity index (χ1n) is 5.40. The van der Waals surface area contributed by atoms with Crippen LogP contribution in [0.25, 0.3) is 0 Å². The fourth-order valence-electron chi connectivity index (χ4n) is 1.57. The van der Waals surface area contributed by atoms with Gasteiger partial charge < -0.3 is 10.5 Å². The van der Waals surface area contributed by atoms with Crippen molar-refractivity contribution >= 4 is 27.4 Å². The molecule has 0 spiro atoms. The second-order valence-electron chi connectivity index (χ2n) is 3.86. The van der Waals surface area contributed by atoms with Crippen molar-refractivity contribution in [2.45, 2.75) is 6.92 Å². The Bertz CT molecular complexity index is 596. The third-order valence-electron chi connectivity index (χ3n) is 2.44. The van der Waals surface area contributed by atoms with Crippen LogP contribution < -0.4 is 10.5 Å². The Morgan fingerprint density at radius 3 is 2.56 bits per heavy atom. The molecule has 2 aromatic rings. The lowest BCUT2D eigenvalue weighted by atomic mass is 10.1. The molecule has 0 radical (unpaired) electrons. The van der Waals surface area contributed by atoms with Crippen LogP contribution in [0, 0.1) is 0 Å². The minimum atomic E-state index is -0.0767. The minimum Gasteiger partial charge on any atom is -0.457 e. The second-order valence-corrected chi connectivity index (χ2v) is 4.78. The normalized spacial score (nSPS) is 10.1. The van der Waals surface area contributed by atoms with Gasteiger partial charge in [-0.15, -0.1) is 0 Å².